The lowest BCUT2D eigenvalue weighted by Crippen LogP contribution is -2.00. The van der Waals surface area contributed by atoms with E-state index >= 15 is 0 Å². The van der Waals surface area contributed by atoms with Crippen molar-refractivity contribution in [3.63, 3.8) is 0 Å². The van der Waals surface area contributed by atoms with Crippen LogP contribution in [-0.4, -0.2) is 23.7 Å². The van der Waals surface area contributed by atoms with Crippen molar-refractivity contribution < 1.29 is 19.4 Å². The second-order valence-corrected chi connectivity index (χ2v) is 3.04. The summed E-state index contributed by atoms with van der Waals surface area (Å²) in [5, 5.41) is 8.18. The number of rotatable bonds is 5. The van der Waals surface area contributed by atoms with Crippen LogP contribution in [0.5, 0.6) is 0 Å². The number of carbonyl (C=O) groups is 2. The molecule has 0 amide bonds. The molecule has 0 fully saturated rings. The third-order valence-corrected chi connectivity index (χ3v) is 1.87. The summed E-state index contributed by atoms with van der Waals surface area (Å²) in [4.78, 5) is 21.5. The van der Waals surface area contributed by atoms with Crippen LogP contribution in [-0.2, 0) is 4.74 Å². The highest BCUT2D eigenvalue weighted by Crippen LogP contribution is 2.03. The average Bonchev–Trinajstić information content (AvgIpc) is 2.29. The van der Waals surface area contributed by atoms with Gasteiger partial charge in [-0.25, -0.2) is 4.79 Å². The Bertz CT molecular complexity index is 381. The number of ether oxygens (including phenoxy) is 1. The molecule has 0 spiro atoms. The normalized spacial score (nSPS) is 10.2. The zero-order chi connectivity index (χ0) is 11.8. The van der Waals surface area contributed by atoms with E-state index in [2.05, 4.69) is 4.74 Å². The van der Waals surface area contributed by atoms with Gasteiger partial charge in [0.05, 0.1) is 0 Å². The maximum Gasteiger partial charge on any atom is 0.506 e. The Morgan fingerprint density at radius 1 is 1.19 bits per heavy atom. The molecular weight excluding hydrogens is 208 g/mol. The number of carboxylic acid groups (broad SMARTS) is 1. The average molecular weight is 220 g/mol. The Hall–Kier alpha value is -2.10. The molecule has 4 nitrogen and oxygen atoms in total. The number of allylic oxidation sites excluding steroid dienone is 1. The molecule has 84 valence electrons. The molecule has 0 bridgehead atoms. The van der Waals surface area contributed by atoms with E-state index in [1.807, 2.05) is 6.07 Å². The van der Waals surface area contributed by atoms with Crippen molar-refractivity contribution in [2.75, 3.05) is 6.61 Å². The van der Waals surface area contributed by atoms with Gasteiger partial charge >= 0.3 is 6.16 Å². The van der Waals surface area contributed by atoms with Crippen LogP contribution >= 0.6 is 0 Å². The van der Waals surface area contributed by atoms with E-state index in [0.717, 1.165) is 0 Å². The zero-order valence-electron chi connectivity index (χ0n) is 8.63. The molecule has 0 unspecified atom stereocenters. The largest absolute Gasteiger partial charge is 0.506 e. The Morgan fingerprint density at radius 2 is 1.88 bits per heavy atom. The predicted octanol–water partition coefficient (Wildman–Crippen LogP) is 2.51. The number of benzene rings is 1. The zero-order valence-corrected chi connectivity index (χ0v) is 8.63. The second-order valence-electron chi connectivity index (χ2n) is 3.04. The van der Waals surface area contributed by atoms with Gasteiger partial charge in [-0.15, -0.1) is 0 Å². The highest BCUT2D eigenvalue weighted by atomic mass is 16.7. The first-order valence-corrected chi connectivity index (χ1v) is 4.79. The fourth-order valence-electron chi connectivity index (χ4n) is 1.12. The molecule has 0 heterocycles. The van der Waals surface area contributed by atoms with Gasteiger partial charge in [-0.05, 0) is 0 Å². The van der Waals surface area contributed by atoms with Gasteiger partial charge in [0.2, 0.25) is 0 Å². The molecule has 1 N–H and O–H groups in total. The van der Waals surface area contributed by atoms with Crippen LogP contribution in [0.1, 0.15) is 16.8 Å². The molecule has 0 radical (unpaired) electrons. The second kappa shape index (κ2) is 6.40. The lowest BCUT2D eigenvalue weighted by atomic mass is 10.1. The number of carbonyl (C=O) groups excluding carboxylic acids is 1. The van der Waals surface area contributed by atoms with Crippen molar-refractivity contribution in [3.8, 4) is 0 Å². The molecule has 4 heteroatoms. The summed E-state index contributed by atoms with van der Waals surface area (Å²) in [6.45, 7) is -0.0304. The molecule has 0 aliphatic heterocycles. The van der Waals surface area contributed by atoms with E-state index < -0.39 is 6.16 Å². The van der Waals surface area contributed by atoms with Crippen LogP contribution in [0, 0.1) is 0 Å². The molecule has 0 saturated carbocycles. The first-order chi connectivity index (χ1) is 7.70. The summed E-state index contributed by atoms with van der Waals surface area (Å²) in [5.74, 6) is -0.00725. The summed E-state index contributed by atoms with van der Waals surface area (Å²) < 4.78 is 4.25. The van der Waals surface area contributed by atoms with Crippen molar-refractivity contribution >= 4 is 11.9 Å². The van der Waals surface area contributed by atoms with Crippen LogP contribution < -0.4 is 0 Å². The third kappa shape index (κ3) is 4.41. The van der Waals surface area contributed by atoms with Crippen molar-refractivity contribution in [1.82, 2.24) is 0 Å². The summed E-state index contributed by atoms with van der Waals surface area (Å²) >= 11 is 0. The molecule has 1 rings (SSSR count). The number of Topliss-reactive ketones (excluding diaryl/α,β-unsaturated/α-hetero) is 1. The van der Waals surface area contributed by atoms with Crippen LogP contribution in [0.2, 0.25) is 0 Å². The topological polar surface area (TPSA) is 63.6 Å². The lowest BCUT2D eigenvalue weighted by Gasteiger charge is -1.96. The van der Waals surface area contributed by atoms with Gasteiger partial charge in [0.25, 0.3) is 0 Å². The van der Waals surface area contributed by atoms with E-state index in [4.69, 9.17) is 5.11 Å². The number of hydrogen-bond acceptors (Lipinski definition) is 3. The Labute approximate surface area is 93.2 Å². The van der Waals surface area contributed by atoms with Crippen LogP contribution in [0.15, 0.2) is 42.5 Å². The fraction of sp³-hybridized carbons (Fsp3) is 0.167. The molecule has 1 aromatic carbocycles. The molecule has 0 aromatic heterocycles. The first-order valence-electron chi connectivity index (χ1n) is 4.79. The number of hydrogen-bond donors (Lipinski definition) is 1. The van der Waals surface area contributed by atoms with Crippen LogP contribution in [0.25, 0.3) is 0 Å². The van der Waals surface area contributed by atoms with Crippen molar-refractivity contribution in [2.24, 2.45) is 0 Å². The Kier molecular flexibility index (Phi) is 4.79. The molecule has 0 saturated heterocycles. The van der Waals surface area contributed by atoms with Gasteiger partial charge in [-0.3, -0.25) is 4.79 Å². The van der Waals surface area contributed by atoms with E-state index in [-0.39, 0.29) is 18.8 Å². The number of ketones is 1. The Morgan fingerprint density at radius 3 is 2.50 bits per heavy atom. The Balaban J connectivity index is 2.33. The standard InChI is InChI=1S/C12H12O4/c13-11(10-6-2-1-3-7-10)8-4-5-9-16-12(14)15/h1-7H,8-9H2,(H,14,15). The highest BCUT2D eigenvalue weighted by Gasteiger charge is 2.01. The van der Waals surface area contributed by atoms with Crippen molar-refractivity contribution in [2.45, 2.75) is 6.42 Å². The molecular formula is C12H12O4. The molecule has 0 atom stereocenters. The van der Waals surface area contributed by atoms with Gasteiger partial charge < -0.3 is 9.84 Å². The van der Waals surface area contributed by atoms with E-state index in [1.54, 1.807) is 30.3 Å². The molecule has 0 aliphatic carbocycles. The highest BCUT2D eigenvalue weighted by molar-refractivity contribution is 5.96. The third-order valence-electron chi connectivity index (χ3n) is 1.87. The fourth-order valence-corrected chi connectivity index (χ4v) is 1.12. The summed E-state index contributed by atoms with van der Waals surface area (Å²) in [7, 11) is 0. The van der Waals surface area contributed by atoms with Gasteiger partial charge in [-0.2, -0.15) is 0 Å². The van der Waals surface area contributed by atoms with Crippen molar-refractivity contribution in [1.29, 1.82) is 0 Å². The van der Waals surface area contributed by atoms with Crippen molar-refractivity contribution in [3.05, 3.63) is 48.0 Å². The van der Waals surface area contributed by atoms with E-state index in [0.29, 0.717) is 5.56 Å². The SMILES string of the molecule is O=C(O)OCC=CCC(=O)c1ccccc1. The van der Waals surface area contributed by atoms with Gasteiger partial charge in [-0.1, -0.05) is 42.5 Å². The minimum Gasteiger partial charge on any atom is -0.450 e. The summed E-state index contributed by atoms with van der Waals surface area (Å²) in [6, 6.07) is 8.91. The maximum absolute atomic E-state index is 11.5. The minimum atomic E-state index is -1.32. The van der Waals surface area contributed by atoms with Crippen LogP contribution in [0.3, 0.4) is 0 Å². The maximum atomic E-state index is 11.5. The lowest BCUT2D eigenvalue weighted by molar-refractivity contribution is 0.0995. The minimum absolute atomic E-state index is 0.00725. The predicted molar refractivity (Wildman–Crippen MR) is 58.5 cm³/mol. The van der Waals surface area contributed by atoms with Gasteiger partial charge in [0.1, 0.15) is 6.61 Å². The molecule has 1 aromatic rings. The smallest absolute Gasteiger partial charge is 0.450 e. The van der Waals surface area contributed by atoms with Gasteiger partial charge in [0.15, 0.2) is 5.78 Å². The van der Waals surface area contributed by atoms with E-state index in [1.165, 1.54) is 6.08 Å². The van der Waals surface area contributed by atoms with E-state index in [9.17, 15) is 9.59 Å². The van der Waals surface area contributed by atoms with Gasteiger partial charge in [0, 0.05) is 12.0 Å². The molecule has 0 aliphatic rings. The summed E-state index contributed by atoms with van der Waals surface area (Å²) in [6.07, 6.45) is 2.03. The monoisotopic (exact) mass is 220 g/mol. The summed E-state index contributed by atoms with van der Waals surface area (Å²) in [5.41, 5.74) is 0.645. The quantitative estimate of drug-likeness (QED) is 0.470. The molecule has 16 heavy (non-hydrogen) atoms. The van der Waals surface area contributed by atoms with Crippen LogP contribution in [0.4, 0.5) is 4.79 Å². The first kappa shape index (κ1) is 12.0.